The first kappa shape index (κ1) is 12.5. The first-order valence-electron chi connectivity index (χ1n) is 5.76. The van der Waals surface area contributed by atoms with Crippen molar-refractivity contribution in [2.45, 2.75) is 6.10 Å². The van der Waals surface area contributed by atoms with Crippen LogP contribution >= 0.6 is 0 Å². The van der Waals surface area contributed by atoms with Gasteiger partial charge < -0.3 is 15.5 Å². The van der Waals surface area contributed by atoms with Crippen LogP contribution in [0.5, 0.6) is 0 Å². The largest absolute Gasteiger partial charge is 0.480 e. The number of benzene rings is 2. The molecule has 2 aromatic carbocycles. The Morgan fingerprint density at radius 2 is 1.89 bits per heavy atom. The van der Waals surface area contributed by atoms with E-state index in [4.69, 9.17) is 5.11 Å². The lowest BCUT2D eigenvalue weighted by Crippen LogP contribution is -2.27. The van der Waals surface area contributed by atoms with Crippen LogP contribution in [0.3, 0.4) is 0 Å². The molecular formula is C14H15NO3. The number of carboxylic acid groups (broad SMARTS) is 1. The molecule has 0 saturated carbocycles. The third kappa shape index (κ3) is 3.06. The fourth-order valence-electron chi connectivity index (χ4n) is 1.85. The first-order valence-corrected chi connectivity index (χ1v) is 5.76. The zero-order valence-electron chi connectivity index (χ0n) is 9.84. The van der Waals surface area contributed by atoms with Crippen molar-refractivity contribution < 1.29 is 15.0 Å². The summed E-state index contributed by atoms with van der Waals surface area (Å²) in [5, 5.41) is 23.3. The maximum Gasteiger partial charge on any atom is 0.317 e. The van der Waals surface area contributed by atoms with Crippen molar-refractivity contribution >= 4 is 16.7 Å². The Hall–Kier alpha value is -1.91. The van der Waals surface area contributed by atoms with Gasteiger partial charge in [-0.15, -0.1) is 0 Å². The Morgan fingerprint density at radius 1 is 1.17 bits per heavy atom. The summed E-state index contributed by atoms with van der Waals surface area (Å²) in [4.78, 5) is 10.3. The quantitative estimate of drug-likeness (QED) is 0.747. The van der Waals surface area contributed by atoms with Gasteiger partial charge in [0.1, 0.15) is 0 Å². The van der Waals surface area contributed by atoms with E-state index in [9.17, 15) is 9.90 Å². The van der Waals surface area contributed by atoms with E-state index in [1.807, 2.05) is 42.5 Å². The van der Waals surface area contributed by atoms with Gasteiger partial charge in [0.25, 0.3) is 0 Å². The zero-order valence-corrected chi connectivity index (χ0v) is 9.84. The van der Waals surface area contributed by atoms with Gasteiger partial charge >= 0.3 is 5.97 Å². The average Bonchev–Trinajstić information content (AvgIpc) is 2.37. The monoisotopic (exact) mass is 245 g/mol. The number of aliphatic carboxylic acids is 1. The van der Waals surface area contributed by atoms with Gasteiger partial charge in [0.15, 0.2) is 0 Å². The predicted molar refractivity (Wildman–Crippen MR) is 69.4 cm³/mol. The molecule has 94 valence electrons. The fourth-order valence-corrected chi connectivity index (χ4v) is 1.85. The number of carbonyl (C=O) groups is 1. The summed E-state index contributed by atoms with van der Waals surface area (Å²) in [5.41, 5.74) is 0.784. The highest BCUT2D eigenvalue weighted by Gasteiger charge is 2.08. The molecule has 0 fully saturated rings. The summed E-state index contributed by atoms with van der Waals surface area (Å²) < 4.78 is 0. The van der Waals surface area contributed by atoms with Crippen molar-refractivity contribution in [1.82, 2.24) is 5.32 Å². The van der Waals surface area contributed by atoms with Crippen LogP contribution in [0.4, 0.5) is 0 Å². The first-order chi connectivity index (χ1) is 8.66. The second-order valence-corrected chi connectivity index (χ2v) is 4.15. The molecule has 0 heterocycles. The minimum absolute atomic E-state index is 0.148. The summed E-state index contributed by atoms with van der Waals surface area (Å²) in [7, 11) is 0. The van der Waals surface area contributed by atoms with Crippen LogP contribution in [-0.2, 0) is 4.79 Å². The normalized spacial score (nSPS) is 12.5. The summed E-state index contributed by atoms with van der Waals surface area (Å²) in [5.74, 6) is -0.930. The molecule has 0 saturated heterocycles. The molecule has 0 aliphatic rings. The number of nitrogens with one attached hydrogen (secondary N) is 1. The Balaban J connectivity index is 2.08. The number of rotatable bonds is 5. The Kier molecular flexibility index (Phi) is 3.92. The molecule has 0 amide bonds. The van der Waals surface area contributed by atoms with Crippen molar-refractivity contribution in [3.8, 4) is 0 Å². The van der Waals surface area contributed by atoms with E-state index in [2.05, 4.69) is 5.32 Å². The highest BCUT2D eigenvalue weighted by Crippen LogP contribution is 2.19. The molecule has 2 aromatic rings. The molecule has 2 rings (SSSR count). The maximum atomic E-state index is 10.3. The third-order valence-electron chi connectivity index (χ3n) is 2.77. The van der Waals surface area contributed by atoms with Crippen molar-refractivity contribution in [3.05, 3.63) is 48.0 Å². The molecule has 0 aromatic heterocycles. The molecule has 18 heavy (non-hydrogen) atoms. The van der Waals surface area contributed by atoms with Crippen LogP contribution in [0, 0.1) is 0 Å². The van der Waals surface area contributed by atoms with E-state index in [0.29, 0.717) is 0 Å². The highest BCUT2D eigenvalue weighted by atomic mass is 16.4. The lowest BCUT2D eigenvalue weighted by molar-refractivity contribution is -0.136. The number of aliphatic hydroxyl groups excluding tert-OH is 1. The molecule has 0 bridgehead atoms. The molecule has 3 N–H and O–H groups in total. The van der Waals surface area contributed by atoms with Crippen molar-refractivity contribution in [2.24, 2.45) is 0 Å². The van der Waals surface area contributed by atoms with Gasteiger partial charge in [-0.2, -0.15) is 0 Å². The van der Waals surface area contributed by atoms with Gasteiger partial charge in [0, 0.05) is 6.54 Å². The van der Waals surface area contributed by atoms with Crippen molar-refractivity contribution in [3.63, 3.8) is 0 Å². The molecule has 4 nitrogen and oxygen atoms in total. The summed E-state index contributed by atoms with van der Waals surface area (Å²) in [6.45, 7) is 0.0787. The molecular weight excluding hydrogens is 230 g/mol. The van der Waals surface area contributed by atoms with Gasteiger partial charge in [-0.05, 0) is 22.4 Å². The standard InChI is InChI=1S/C14H15NO3/c16-13(8-15-9-14(17)18)12-6-5-10-3-1-2-4-11(10)7-12/h1-7,13,15-16H,8-9H2,(H,17,18). The van der Waals surface area contributed by atoms with Gasteiger partial charge in [-0.1, -0.05) is 36.4 Å². The van der Waals surface area contributed by atoms with Gasteiger partial charge in [-0.25, -0.2) is 0 Å². The number of hydrogen-bond acceptors (Lipinski definition) is 3. The second-order valence-electron chi connectivity index (χ2n) is 4.15. The lowest BCUT2D eigenvalue weighted by atomic mass is 10.0. The zero-order chi connectivity index (χ0) is 13.0. The smallest absolute Gasteiger partial charge is 0.317 e. The molecule has 0 aliphatic heterocycles. The summed E-state index contributed by atoms with van der Waals surface area (Å²) >= 11 is 0. The Morgan fingerprint density at radius 3 is 2.61 bits per heavy atom. The maximum absolute atomic E-state index is 10.3. The summed E-state index contributed by atoms with van der Waals surface area (Å²) in [6.07, 6.45) is -0.700. The van der Waals surface area contributed by atoms with Crippen LogP contribution in [0.1, 0.15) is 11.7 Å². The minimum Gasteiger partial charge on any atom is -0.480 e. The second kappa shape index (κ2) is 5.62. The number of aliphatic hydroxyl groups is 1. The van der Waals surface area contributed by atoms with E-state index in [1.165, 1.54) is 0 Å². The molecule has 0 radical (unpaired) electrons. The predicted octanol–water partition coefficient (Wildman–Crippen LogP) is 1.55. The topological polar surface area (TPSA) is 69.6 Å². The van der Waals surface area contributed by atoms with E-state index in [-0.39, 0.29) is 13.1 Å². The SMILES string of the molecule is O=C(O)CNCC(O)c1ccc2ccccc2c1. The van der Waals surface area contributed by atoms with Crippen LogP contribution in [0.15, 0.2) is 42.5 Å². The van der Waals surface area contributed by atoms with E-state index < -0.39 is 12.1 Å². The number of fused-ring (bicyclic) bond motifs is 1. The molecule has 1 atom stereocenters. The van der Waals surface area contributed by atoms with Gasteiger partial charge in [0.2, 0.25) is 0 Å². The van der Waals surface area contributed by atoms with E-state index >= 15 is 0 Å². The Bertz CT molecular complexity index is 553. The van der Waals surface area contributed by atoms with Gasteiger partial charge in [-0.3, -0.25) is 4.79 Å². The third-order valence-corrected chi connectivity index (χ3v) is 2.77. The van der Waals surface area contributed by atoms with Crippen LogP contribution < -0.4 is 5.32 Å². The number of carboxylic acids is 1. The lowest BCUT2D eigenvalue weighted by Gasteiger charge is -2.12. The molecule has 0 aliphatic carbocycles. The van der Waals surface area contributed by atoms with E-state index in [0.717, 1.165) is 16.3 Å². The van der Waals surface area contributed by atoms with Crippen molar-refractivity contribution in [1.29, 1.82) is 0 Å². The number of hydrogen-bond donors (Lipinski definition) is 3. The molecule has 1 unspecified atom stereocenters. The molecule has 0 spiro atoms. The van der Waals surface area contributed by atoms with Crippen LogP contribution in [0.25, 0.3) is 10.8 Å². The summed E-state index contributed by atoms with van der Waals surface area (Å²) in [6, 6.07) is 13.6. The van der Waals surface area contributed by atoms with Gasteiger partial charge in [0.05, 0.1) is 12.6 Å². The van der Waals surface area contributed by atoms with Crippen LogP contribution in [-0.4, -0.2) is 29.3 Å². The minimum atomic E-state index is -0.930. The fraction of sp³-hybridized carbons (Fsp3) is 0.214. The molecule has 4 heteroatoms. The Labute approximate surface area is 105 Å². The van der Waals surface area contributed by atoms with Crippen molar-refractivity contribution in [2.75, 3.05) is 13.1 Å². The van der Waals surface area contributed by atoms with Crippen LogP contribution in [0.2, 0.25) is 0 Å². The highest BCUT2D eigenvalue weighted by molar-refractivity contribution is 5.83. The average molecular weight is 245 g/mol. The van der Waals surface area contributed by atoms with E-state index in [1.54, 1.807) is 0 Å².